The van der Waals surface area contributed by atoms with E-state index in [-0.39, 0.29) is 0 Å². The summed E-state index contributed by atoms with van der Waals surface area (Å²) in [6.45, 7) is 0.420. The van der Waals surface area contributed by atoms with Crippen LogP contribution in [0.1, 0.15) is 6.42 Å². The zero-order chi connectivity index (χ0) is 11.7. The van der Waals surface area contributed by atoms with E-state index in [1.807, 2.05) is 6.26 Å². The average molecular weight is 252 g/mol. The van der Waals surface area contributed by atoms with Crippen LogP contribution in [0.3, 0.4) is 0 Å². The molecule has 0 aliphatic heterocycles. The van der Waals surface area contributed by atoms with Crippen molar-refractivity contribution in [3.05, 3.63) is 0 Å². The lowest BCUT2D eigenvalue weighted by Gasteiger charge is -2.14. The highest BCUT2D eigenvalue weighted by atomic mass is 32.2. The van der Waals surface area contributed by atoms with Crippen LogP contribution in [-0.4, -0.2) is 47.5 Å². The third-order valence-electron chi connectivity index (χ3n) is 1.61. The summed E-state index contributed by atoms with van der Waals surface area (Å²) in [4.78, 5) is 21.9. The van der Waals surface area contributed by atoms with Crippen LogP contribution in [0.2, 0.25) is 0 Å². The molecule has 88 valence electrons. The van der Waals surface area contributed by atoms with Gasteiger partial charge in [-0.3, -0.25) is 0 Å². The van der Waals surface area contributed by atoms with Crippen molar-refractivity contribution in [3.8, 4) is 0 Å². The number of carbonyl (C=O) groups excluding carboxylic acids is 1. The second kappa shape index (κ2) is 8.72. The van der Waals surface area contributed by atoms with E-state index in [2.05, 4.69) is 23.3 Å². The molecule has 2 amide bonds. The second-order valence-electron chi connectivity index (χ2n) is 2.80. The molecule has 15 heavy (non-hydrogen) atoms. The molecular weight excluding hydrogens is 236 g/mol. The predicted octanol–water partition coefficient (Wildman–Crippen LogP) is 0.422. The largest absolute Gasteiger partial charge is 0.480 e. The molecular formula is C8H16N2O3S2. The molecule has 7 heteroatoms. The molecule has 0 aromatic rings. The number of carbonyl (C=O) groups is 2. The Morgan fingerprint density at radius 2 is 2.20 bits per heavy atom. The fourth-order valence-electron chi connectivity index (χ4n) is 0.872. The number of thiol groups is 1. The van der Waals surface area contributed by atoms with Crippen LogP contribution < -0.4 is 10.6 Å². The second-order valence-corrected chi connectivity index (χ2v) is 4.23. The maximum Gasteiger partial charge on any atom is 0.326 e. The van der Waals surface area contributed by atoms with Crippen molar-refractivity contribution >= 4 is 36.4 Å². The summed E-state index contributed by atoms with van der Waals surface area (Å²) in [5.41, 5.74) is 0. The number of carboxylic acid groups (broad SMARTS) is 1. The van der Waals surface area contributed by atoms with Gasteiger partial charge in [0.05, 0.1) is 0 Å². The first-order chi connectivity index (χ1) is 7.11. The monoisotopic (exact) mass is 252 g/mol. The van der Waals surface area contributed by atoms with Crippen LogP contribution in [0.5, 0.6) is 0 Å². The van der Waals surface area contributed by atoms with Crippen LogP contribution in [0.4, 0.5) is 4.79 Å². The number of nitrogens with one attached hydrogen (secondary N) is 2. The Kier molecular flexibility index (Phi) is 8.40. The van der Waals surface area contributed by atoms with Crippen molar-refractivity contribution in [1.82, 2.24) is 10.6 Å². The van der Waals surface area contributed by atoms with E-state index in [1.54, 1.807) is 11.8 Å². The third kappa shape index (κ3) is 7.38. The van der Waals surface area contributed by atoms with Gasteiger partial charge in [-0.2, -0.15) is 24.4 Å². The highest BCUT2D eigenvalue weighted by Gasteiger charge is 2.18. The van der Waals surface area contributed by atoms with Gasteiger partial charge in [-0.25, -0.2) is 9.59 Å². The maximum atomic E-state index is 11.2. The summed E-state index contributed by atoms with van der Waals surface area (Å²) in [5, 5.41) is 13.7. The molecule has 0 aliphatic carbocycles. The molecule has 0 heterocycles. The molecule has 0 fully saturated rings. The van der Waals surface area contributed by atoms with Gasteiger partial charge in [-0.15, -0.1) is 0 Å². The Bertz CT molecular complexity index is 214. The quantitative estimate of drug-likeness (QED) is 0.495. The molecule has 0 unspecified atom stereocenters. The fraction of sp³-hybridized carbons (Fsp3) is 0.750. The lowest BCUT2D eigenvalue weighted by atomic mass is 10.2. The van der Waals surface area contributed by atoms with Crippen molar-refractivity contribution in [3.63, 3.8) is 0 Å². The summed E-state index contributed by atoms with van der Waals surface area (Å²) >= 11 is 5.47. The van der Waals surface area contributed by atoms with E-state index < -0.39 is 18.0 Å². The maximum absolute atomic E-state index is 11.2. The Morgan fingerprint density at radius 3 is 2.67 bits per heavy atom. The van der Waals surface area contributed by atoms with E-state index in [0.717, 1.165) is 0 Å². The zero-order valence-electron chi connectivity index (χ0n) is 8.52. The Labute approximate surface area is 98.8 Å². The number of hydrogen-bond acceptors (Lipinski definition) is 4. The molecule has 0 aliphatic rings. The van der Waals surface area contributed by atoms with E-state index in [1.165, 1.54) is 0 Å². The first kappa shape index (κ1) is 14.4. The van der Waals surface area contributed by atoms with Crippen LogP contribution in [0.15, 0.2) is 0 Å². The lowest BCUT2D eigenvalue weighted by Crippen LogP contribution is -2.46. The Balaban J connectivity index is 3.93. The van der Waals surface area contributed by atoms with Gasteiger partial charge in [0.1, 0.15) is 6.04 Å². The van der Waals surface area contributed by atoms with Crippen LogP contribution in [0, 0.1) is 0 Å². The number of amides is 2. The summed E-state index contributed by atoms with van der Waals surface area (Å²) in [5.74, 6) is 0.213. The van der Waals surface area contributed by atoms with Crippen LogP contribution in [0.25, 0.3) is 0 Å². The van der Waals surface area contributed by atoms with Crippen molar-refractivity contribution in [2.24, 2.45) is 0 Å². The average Bonchev–Trinajstić information content (AvgIpc) is 2.20. The molecule has 0 saturated heterocycles. The molecule has 0 rings (SSSR count). The lowest BCUT2D eigenvalue weighted by molar-refractivity contribution is -0.139. The molecule has 0 radical (unpaired) electrons. The normalized spacial score (nSPS) is 11.9. The fourth-order valence-corrected chi connectivity index (χ4v) is 1.46. The predicted molar refractivity (Wildman–Crippen MR) is 64.8 cm³/mol. The first-order valence-corrected chi connectivity index (χ1v) is 6.51. The number of aliphatic carboxylic acids is 1. The minimum atomic E-state index is -1.01. The highest BCUT2D eigenvalue weighted by Crippen LogP contribution is 2.00. The van der Waals surface area contributed by atoms with Gasteiger partial charge in [0.15, 0.2) is 0 Å². The smallest absolute Gasteiger partial charge is 0.326 e. The number of urea groups is 1. The molecule has 0 spiro atoms. The van der Waals surface area contributed by atoms with Crippen molar-refractivity contribution in [2.45, 2.75) is 12.5 Å². The third-order valence-corrected chi connectivity index (χ3v) is 2.48. The SMILES string of the molecule is CSCC[C@H](NC(=O)NCCS)C(=O)O. The molecule has 1 atom stereocenters. The van der Waals surface area contributed by atoms with Gasteiger partial charge in [0, 0.05) is 12.3 Å². The molecule has 0 bridgehead atoms. The highest BCUT2D eigenvalue weighted by molar-refractivity contribution is 7.98. The van der Waals surface area contributed by atoms with Crippen molar-refractivity contribution in [1.29, 1.82) is 0 Å². The molecule has 5 nitrogen and oxygen atoms in total. The van der Waals surface area contributed by atoms with E-state index in [4.69, 9.17) is 5.11 Å². The number of rotatable bonds is 7. The molecule has 0 saturated carbocycles. The summed E-state index contributed by atoms with van der Waals surface area (Å²) in [7, 11) is 0. The standard InChI is InChI=1S/C8H16N2O3S2/c1-15-5-2-6(7(11)12)10-8(13)9-3-4-14/h6,14H,2-5H2,1H3,(H,11,12)(H2,9,10,13)/t6-/m0/s1. The van der Waals surface area contributed by atoms with Crippen LogP contribution in [-0.2, 0) is 4.79 Å². The number of thioether (sulfide) groups is 1. The molecule has 0 aromatic carbocycles. The first-order valence-electron chi connectivity index (χ1n) is 4.48. The summed E-state index contributed by atoms with van der Waals surface area (Å²) in [6, 6.07) is -1.28. The van der Waals surface area contributed by atoms with Gasteiger partial charge in [-0.1, -0.05) is 0 Å². The zero-order valence-corrected chi connectivity index (χ0v) is 10.2. The number of carboxylic acids is 1. The van der Waals surface area contributed by atoms with E-state index >= 15 is 0 Å². The minimum Gasteiger partial charge on any atom is -0.480 e. The van der Waals surface area contributed by atoms with Gasteiger partial charge in [0.25, 0.3) is 0 Å². The summed E-state index contributed by atoms with van der Waals surface area (Å²) in [6.07, 6.45) is 2.31. The van der Waals surface area contributed by atoms with Gasteiger partial charge < -0.3 is 15.7 Å². The number of hydrogen-bond donors (Lipinski definition) is 4. The van der Waals surface area contributed by atoms with E-state index in [0.29, 0.717) is 24.5 Å². The van der Waals surface area contributed by atoms with Crippen molar-refractivity contribution in [2.75, 3.05) is 24.3 Å². The van der Waals surface area contributed by atoms with E-state index in [9.17, 15) is 9.59 Å². The van der Waals surface area contributed by atoms with Gasteiger partial charge in [-0.05, 0) is 18.4 Å². The van der Waals surface area contributed by atoms with Crippen LogP contribution >= 0.6 is 24.4 Å². The van der Waals surface area contributed by atoms with Crippen molar-refractivity contribution < 1.29 is 14.7 Å². The molecule has 0 aromatic heterocycles. The van der Waals surface area contributed by atoms with Gasteiger partial charge >= 0.3 is 12.0 Å². The topological polar surface area (TPSA) is 78.4 Å². The Morgan fingerprint density at radius 1 is 1.53 bits per heavy atom. The summed E-state index contributed by atoms with van der Waals surface area (Å²) < 4.78 is 0. The molecule has 3 N–H and O–H groups in total. The Hall–Kier alpha value is -0.560. The van der Waals surface area contributed by atoms with Gasteiger partial charge in [0.2, 0.25) is 0 Å². The minimum absolute atomic E-state index is 0.420.